The van der Waals surface area contributed by atoms with Crippen LogP contribution in [-0.4, -0.2) is 24.1 Å². The Bertz CT molecular complexity index is 774. The Morgan fingerprint density at radius 2 is 1.63 bits per heavy atom. The van der Waals surface area contributed by atoms with E-state index >= 15 is 0 Å². The smallest absolute Gasteiger partial charge is 0.251 e. The molecule has 0 spiro atoms. The predicted octanol–water partition coefficient (Wildman–Crippen LogP) is 4.28. The highest BCUT2D eigenvalue weighted by molar-refractivity contribution is 9.10. The van der Waals surface area contributed by atoms with Crippen LogP contribution in [0, 0.1) is 0 Å². The van der Waals surface area contributed by atoms with Gasteiger partial charge in [-0.2, -0.15) is 5.10 Å². The Balaban J connectivity index is 1.58. The van der Waals surface area contributed by atoms with Crippen LogP contribution in [0.5, 0.6) is 0 Å². The Morgan fingerprint density at radius 3 is 2.33 bits per heavy atom. The molecule has 0 radical (unpaired) electrons. The van der Waals surface area contributed by atoms with E-state index in [0.717, 1.165) is 35.0 Å². The number of hydrazone groups is 1. The van der Waals surface area contributed by atoms with E-state index in [0.29, 0.717) is 18.5 Å². The van der Waals surface area contributed by atoms with Gasteiger partial charge in [-0.3, -0.25) is 9.59 Å². The van der Waals surface area contributed by atoms with Crippen LogP contribution < -0.4 is 10.7 Å². The van der Waals surface area contributed by atoms with E-state index in [2.05, 4.69) is 31.8 Å². The molecule has 0 bridgehead atoms. The van der Waals surface area contributed by atoms with E-state index in [9.17, 15) is 9.59 Å². The van der Waals surface area contributed by atoms with E-state index in [-0.39, 0.29) is 11.8 Å². The number of hydrogen-bond acceptors (Lipinski definition) is 3. The molecule has 0 saturated heterocycles. The SMILES string of the molecule is CC(=NNC(=O)CCCCCNC(=O)c1ccccc1)c1ccc(Br)cc1. The van der Waals surface area contributed by atoms with Crippen LogP contribution >= 0.6 is 15.9 Å². The van der Waals surface area contributed by atoms with Crippen molar-refractivity contribution in [3.63, 3.8) is 0 Å². The summed E-state index contributed by atoms with van der Waals surface area (Å²) in [4.78, 5) is 23.7. The molecule has 2 N–H and O–H groups in total. The lowest BCUT2D eigenvalue weighted by atomic mass is 10.1. The van der Waals surface area contributed by atoms with Crippen molar-refractivity contribution in [3.8, 4) is 0 Å². The molecule has 2 aromatic rings. The van der Waals surface area contributed by atoms with Crippen molar-refractivity contribution in [1.82, 2.24) is 10.7 Å². The fourth-order valence-electron chi connectivity index (χ4n) is 2.44. The van der Waals surface area contributed by atoms with Crippen LogP contribution in [0.2, 0.25) is 0 Å². The number of amides is 2. The second-order valence-corrected chi connectivity index (χ2v) is 7.09. The zero-order valence-corrected chi connectivity index (χ0v) is 17.0. The quantitative estimate of drug-likeness (QED) is 0.354. The van der Waals surface area contributed by atoms with Gasteiger partial charge in [0.05, 0.1) is 5.71 Å². The average molecular weight is 430 g/mol. The first-order valence-corrected chi connectivity index (χ1v) is 9.78. The minimum Gasteiger partial charge on any atom is -0.352 e. The van der Waals surface area contributed by atoms with Gasteiger partial charge in [-0.25, -0.2) is 5.43 Å². The fourth-order valence-corrected chi connectivity index (χ4v) is 2.70. The Labute approximate surface area is 168 Å². The molecule has 0 heterocycles. The summed E-state index contributed by atoms with van der Waals surface area (Å²) in [6, 6.07) is 16.9. The van der Waals surface area contributed by atoms with E-state index in [1.165, 1.54) is 0 Å². The number of carbonyl (C=O) groups is 2. The summed E-state index contributed by atoms with van der Waals surface area (Å²) in [6.45, 7) is 2.47. The maximum Gasteiger partial charge on any atom is 0.251 e. The molecule has 2 aromatic carbocycles. The van der Waals surface area contributed by atoms with E-state index in [1.807, 2.05) is 49.4 Å². The first-order valence-electron chi connectivity index (χ1n) is 8.98. The van der Waals surface area contributed by atoms with Gasteiger partial charge in [0.25, 0.3) is 5.91 Å². The van der Waals surface area contributed by atoms with Crippen molar-refractivity contribution < 1.29 is 9.59 Å². The molecule has 5 nitrogen and oxygen atoms in total. The highest BCUT2D eigenvalue weighted by Crippen LogP contribution is 2.11. The van der Waals surface area contributed by atoms with Crippen LogP contribution in [0.1, 0.15) is 48.5 Å². The van der Waals surface area contributed by atoms with Gasteiger partial charge in [0.15, 0.2) is 0 Å². The Hall–Kier alpha value is -2.47. The number of carbonyl (C=O) groups excluding carboxylic acids is 2. The summed E-state index contributed by atoms with van der Waals surface area (Å²) in [5.74, 6) is -0.161. The standard InChI is InChI=1S/C21H24BrN3O2/c1-16(17-11-13-19(22)14-12-17)24-25-20(26)10-6-3-7-15-23-21(27)18-8-4-2-5-9-18/h2,4-5,8-9,11-14H,3,6-7,10,15H2,1H3,(H,23,27)(H,25,26). The number of halogens is 1. The molecule has 2 amide bonds. The van der Waals surface area contributed by atoms with Crippen LogP contribution in [0.3, 0.4) is 0 Å². The van der Waals surface area contributed by atoms with Crippen molar-refractivity contribution in [2.75, 3.05) is 6.54 Å². The van der Waals surface area contributed by atoms with Gasteiger partial charge in [0, 0.05) is 23.0 Å². The second kappa shape index (κ2) is 11.3. The molecule has 2 rings (SSSR count). The van der Waals surface area contributed by atoms with Crippen molar-refractivity contribution in [1.29, 1.82) is 0 Å². The van der Waals surface area contributed by atoms with Gasteiger partial charge >= 0.3 is 0 Å². The highest BCUT2D eigenvalue weighted by atomic mass is 79.9. The molecular formula is C21H24BrN3O2. The van der Waals surface area contributed by atoms with Crippen molar-refractivity contribution in [2.24, 2.45) is 5.10 Å². The predicted molar refractivity (Wildman–Crippen MR) is 112 cm³/mol. The lowest BCUT2D eigenvalue weighted by Gasteiger charge is -2.05. The minimum atomic E-state index is -0.0974. The maximum absolute atomic E-state index is 11.9. The molecule has 0 fully saturated rings. The number of hydrogen-bond donors (Lipinski definition) is 2. The normalized spacial score (nSPS) is 11.1. The lowest BCUT2D eigenvalue weighted by molar-refractivity contribution is -0.121. The third-order valence-electron chi connectivity index (χ3n) is 4.01. The zero-order chi connectivity index (χ0) is 19.5. The fraction of sp³-hybridized carbons (Fsp3) is 0.286. The summed E-state index contributed by atoms with van der Waals surface area (Å²) in [5.41, 5.74) is 4.99. The first-order chi connectivity index (χ1) is 13.1. The molecule has 0 saturated carbocycles. The summed E-state index contributed by atoms with van der Waals surface area (Å²) >= 11 is 3.39. The number of rotatable bonds is 9. The molecule has 6 heteroatoms. The van der Waals surface area contributed by atoms with Gasteiger partial charge in [-0.15, -0.1) is 0 Å². The second-order valence-electron chi connectivity index (χ2n) is 6.17. The van der Waals surface area contributed by atoms with Crippen LogP contribution in [0.15, 0.2) is 64.2 Å². The van der Waals surface area contributed by atoms with Crippen molar-refractivity contribution >= 4 is 33.5 Å². The Kier molecular flexibility index (Phi) is 8.71. The average Bonchev–Trinajstić information content (AvgIpc) is 2.69. The number of nitrogens with zero attached hydrogens (tertiary/aromatic N) is 1. The Morgan fingerprint density at radius 1 is 0.926 bits per heavy atom. The van der Waals surface area contributed by atoms with E-state index in [1.54, 1.807) is 12.1 Å². The number of benzene rings is 2. The third-order valence-corrected chi connectivity index (χ3v) is 4.54. The molecule has 0 aliphatic carbocycles. The third kappa shape index (κ3) is 7.74. The highest BCUT2D eigenvalue weighted by Gasteiger charge is 2.04. The van der Waals surface area contributed by atoms with Gasteiger partial charge in [-0.1, -0.05) is 52.7 Å². The van der Waals surface area contributed by atoms with Crippen molar-refractivity contribution in [2.45, 2.75) is 32.6 Å². The van der Waals surface area contributed by atoms with Gasteiger partial charge in [0.2, 0.25) is 5.91 Å². The summed E-state index contributed by atoms with van der Waals surface area (Å²) in [5, 5.41) is 7.03. The van der Waals surface area contributed by atoms with Crippen LogP contribution in [0.4, 0.5) is 0 Å². The molecule has 0 unspecified atom stereocenters. The lowest BCUT2D eigenvalue weighted by Crippen LogP contribution is -2.24. The van der Waals surface area contributed by atoms with Gasteiger partial charge < -0.3 is 5.32 Å². The molecule has 142 valence electrons. The largest absolute Gasteiger partial charge is 0.352 e. The van der Waals surface area contributed by atoms with E-state index in [4.69, 9.17) is 0 Å². The topological polar surface area (TPSA) is 70.6 Å². The summed E-state index contributed by atoms with van der Waals surface area (Å²) in [7, 11) is 0. The summed E-state index contributed by atoms with van der Waals surface area (Å²) in [6.07, 6.45) is 2.90. The first kappa shape index (κ1) is 20.8. The molecular weight excluding hydrogens is 406 g/mol. The van der Waals surface area contributed by atoms with Crippen molar-refractivity contribution in [3.05, 3.63) is 70.2 Å². The summed E-state index contributed by atoms with van der Waals surface area (Å²) < 4.78 is 1.00. The molecule has 0 aliphatic rings. The monoisotopic (exact) mass is 429 g/mol. The van der Waals surface area contributed by atoms with Crippen LogP contribution in [-0.2, 0) is 4.79 Å². The zero-order valence-electron chi connectivity index (χ0n) is 15.4. The molecule has 0 atom stereocenters. The molecule has 27 heavy (non-hydrogen) atoms. The number of nitrogens with one attached hydrogen (secondary N) is 2. The van der Waals surface area contributed by atoms with Gasteiger partial charge in [-0.05, 0) is 49.6 Å². The van der Waals surface area contributed by atoms with Gasteiger partial charge in [0.1, 0.15) is 0 Å². The maximum atomic E-state index is 11.9. The molecule has 0 aromatic heterocycles. The van der Waals surface area contributed by atoms with Crippen LogP contribution in [0.25, 0.3) is 0 Å². The molecule has 0 aliphatic heterocycles. The van der Waals surface area contributed by atoms with E-state index < -0.39 is 0 Å². The number of unbranched alkanes of at least 4 members (excludes halogenated alkanes) is 2. The minimum absolute atomic E-state index is 0.0638.